The van der Waals surface area contributed by atoms with Crippen molar-refractivity contribution in [1.29, 1.82) is 0 Å². The Kier molecular flexibility index (Phi) is 18.5. The standard InChI is InChI=1S/C23H42O4/c1-3-5-6-7-8-9-10-11-12-13-14-15-16-17-18-21(23(25)26)20-22(24)27-19-4-2/h15-16,21H,3-14,17-20H2,1-2H3,(H,25,26)/b16-15+. The molecule has 1 atom stereocenters. The van der Waals surface area contributed by atoms with Crippen molar-refractivity contribution in [3.05, 3.63) is 12.2 Å². The monoisotopic (exact) mass is 382 g/mol. The first-order chi connectivity index (χ1) is 13.1. The van der Waals surface area contributed by atoms with Gasteiger partial charge in [0.05, 0.1) is 18.9 Å². The van der Waals surface area contributed by atoms with Crippen molar-refractivity contribution in [3.63, 3.8) is 0 Å². The maximum Gasteiger partial charge on any atom is 0.307 e. The Morgan fingerprint density at radius 3 is 1.93 bits per heavy atom. The first kappa shape index (κ1) is 25.7. The van der Waals surface area contributed by atoms with E-state index in [1.54, 1.807) is 0 Å². The smallest absolute Gasteiger partial charge is 0.307 e. The Morgan fingerprint density at radius 2 is 1.37 bits per heavy atom. The number of allylic oxidation sites excluding steroid dienone is 2. The van der Waals surface area contributed by atoms with Crippen molar-refractivity contribution in [3.8, 4) is 0 Å². The van der Waals surface area contributed by atoms with Crippen molar-refractivity contribution in [2.75, 3.05) is 6.61 Å². The van der Waals surface area contributed by atoms with Crippen molar-refractivity contribution in [2.45, 2.75) is 110 Å². The summed E-state index contributed by atoms with van der Waals surface area (Å²) in [5.41, 5.74) is 0. The summed E-state index contributed by atoms with van der Waals surface area (Å²) in [6.45, 7) is 4.54. The molecule has 0 saturated carbocycles. The molecule has 0 saturated heterocycles. The third-order valence-corrected chi connectivity index (χ3v) is 4.80. The predicted octanol–water partition coefficient (Wildman–Crippen LogP) is 6.68. The SMILES string of the molecule is CCCCCCCCCCCC/C=C/CCC(CC(=O)OCCC)C(=O)O. The van der Waals surface area contributed by atoms with Gasteiger partial charge in [-0.05, 0) is 32.1 Å². The van der Waals surface area contributed by atoms with E-state index in [0.717, 1.165) is 12.8 Å². The Bertz CT molecular complexity index is 390. The zero-order chi connectivity index (χ0) is 20.2. The molecule has 0 rings (SSSR count). The quantitative estimate of drug-likeness (QED) is 0.154. The summed E-state index contributed by atoms with van der Waals surface area (Å²) in [4.78, 5) is 22.8. The molecule has 0 aromatic heterocycles. The summed E-state index contributed by atoms with van der Waals surface area (Å²) in [5, 5.41) is 9.22. The molecule has 0 amide bonds. The van der Waals surface area contributed by atoms with Gasteiger partial charge in [0.15, 0.2) is 0 Å². The number of aliphatic carboxylic acids is 1. The van der Waals surface area contributed by atoms with Crippen molar-refractivity contribution >= 4 is 11.9 Å². The molecular weight excluding hydrogens is 340 g/mol. The number of carboxylic acids is 1. The lowest BCUT2D eigenvalue weighted by atomic mass is 9.99. The van der Waals surface area contributed by atoms with Crippen LogP contribution in [0.5, 0.6) is 0 Å². The molecule has 0 heterocycles. The molecule has 4 heteroatoms. The van der Waals surface area contributed by atoms with Gasteiger partial charge < -0.3 is 9.84 Å². The Hall–Kier alpha value is -1.32. The van der Waals surface area contributed by atoms with Crippen LogP contribution in [0.2, 0.25) is 0 Å². The second kappa shape index (κ2) is 19.4. The van der Waals surface area contributed by atoms with Crippen LogP contribution in [0.3, 0.4) is 0 Å². The Labute approximate surface area is 166 Å². The molecule has 1 unspecified atom stereocenters. The molecule has 0 spiro atoms. The van der Waals surface area contributed by atoms with E-state index in [1.165, 1.54) is 64.2 Å². The fourth-order valence-corrected chi connectivity index (χ4v) is 3.07. The second-order valence-corrected chi connectivity index (χ2v) is 7.48. The molecule has 0 aromatic carbocycles. The first-order valence-corrected chi connectivity index (χ1v) is 11.1. The fourth-order valence-electron chi connectivity index (χ4n) is 3.07. The number of carbonyl (C=O) groups is 2. The number of esters is 1. The van der Waals surface area contributed by atoms with E-state index in [9.17, 15) is 14.7 Å². The van der Waals surface area contributed by atoms with E-state index in [2.05, 4.69) is 19.1 Å². The normalized spacial score (nSPS) is 12.4. The first-order valence-electron chi connectivity index (χ1n) is 11.1. The van der Waals surface area contributed by atoms with Gasteiger partial charge in [-0.1, -0.05) is 83.8 Å². The lowest BCUT2D eigenvalue weighted by molar-refractivity contribution is -0.151. The van der Waals surface area contributed by atoms with Crippen LogP contribution >= 0.6 is 0 Å². The van der Waals surface area contributed by atoms with Crippen LogP contribution < -0.4 is 0 Å². The van der Waals surface area contributed by atoms with Gasteiger partial charge in [0.2, 0.25) is 0 Å². The third kappa shape index (κ3) is 17.8. The summed E-state index contributed by atoms with van der Waals surface area (Å²) >= 11 is 0. The second-order valence-electron chi connectivity index (χ2n) is 7.48. The minimum absolute atomic E-state index is 0.0262. The van der Waals surface area contributed by atoms with E-state index in [0.29, 0.717) is 19.4 Å². The minimum atomic E-state index is -0.911. The molecule has 0 aliphatic heterocycles. The van der Waals surface area contributed by atoms with Gasteiger partial charge >= 0.3 is 11.9 Å². The van der Waals surface area contributed by atoms with Gasteiger partial charge in [-0.2, -0.15) is 0 Å². The molecular formula is C23H42O4. The maximum atomic E-state index is 11.6. The van der Waals surface area contributed by atoms with Crippen LogP contribution in [-0.4, -0.2) is 23.7 Å². The lowest BCUT2D eigenvalue weighted by Crippen LogP contribution is -2.19. The number of hydrogen-bond donors (Lipinski definition) is 1. The number of carbonyl (C=O) groups excluding carboxylic acids is 1. The number of carboxylic acid groups (broad SMARTS) is 1. The molecule has 4 nitrogen and oxygen atoms in total. The van der Waals surface area contributed by atoms with Gasteiger partial charge in [0.1, 0.15) is 0 Å². The number of ether oxygens (including phenoxy) is 1. The van der Waals surface area contributed by atoms with Gasteiger partial charge in [0, 0.05) is 0 Å². The highest BCUT2D eigenvalue weighted by Gasteiger charge is 2.21. The van der Waals surface area contributed by atoms with E-state index >= 15 is 0 Å². The van der Waals surface area contributed by atoms with Gasteiger partial charge in [0.25, 0.3) is 0 Å². The maximum absolute atomic E-state index is 11.6. The fraction of sp³-hybridized carbons (Fsp3) is 0.826. The summed E-state index contributed by atoms with van der Waals surface area (Å²) in [5.74, 6) is -1.96. The van der Waals surface area contributed by atoms with Crippen LogP contribution in [0.1, 0.15) is 110 Å². The number of unbranched alkanes of at least 4 members (excludes halogenated alkanes) is 10. The molecule has 0 aliphatic carbocycles. The van der Waals surface area contributed by atoms with Gasteiger partial charge in [-0.3, -0.25) is 9.59 Å². The van der Waals surface area contributed by atoms with Crippen molar-refractivity contribution in [1.82, 2.24) is 0 Å². The molecule has 1 N–H and O–H groups in total. The summed E-state index contributed by atoms with van der Waals surface area (Å²) in [6, 6.07) is 0. The molecule has 0 fully saturated rings. The Morgan fingerprint density at radius 1 is 0.815 bits per heavy atom. The van der Waals surface area contributed by atoms with Gasteiger partial charge in [-0.15, -0.1) is 0 Å². The summed E-state index contributed by atoms with van der Waals surface area (Å²) < 4.78 is 4.98. The number of hydrogen-bond acceptors (Lipinski definition) is 3. The zero-order valence-electron chi connectivity index (χ0n) is 17.7. The summed E-state index contributed by atoms with van der Waals surface area (Å²) in [7, 11) is 0. The third-order valence-electron chi connectivity index (χ3n) is 4.80. The highest BCUT2D eigenvalue weighted by molar-refractivity contribution is 5.78. The summed E-state index contributed by atoms with van der Waals surface area (Å²) in [6.07, 6.45) is 20.6. The highest BCUT2D eigenvalue weighted by atomic mass is 16.5. The Balaban J connectivity index is 3.60. The van der Waals surface area contributed by atoms with Crippen molar-refractivity contribution in [2.24, 2.45) is 5.92 Å². The largest absolute Gasteiger partial charge is 0.481 e. The van der Waals surface area contributed by atoms with Crippen LogP contribution in [-0.2, 0) is 14.3 Å². The molecule has 0 bridgehead atoms. The average Bonchev–Trinajstić information content (AvgIpc) is 2.65. The van der Waals surface area contributed by atoms with E-state index in [-0.39, 0.29) is 6.42 Å². The molecule has 0 aliphatic rings. The molecule has 158 valence electrons. The molecule has 0 aromatic rings. The number of rotatable bonds is 19. The van der Waals surface area contributed by atoms with Crippen LogP contribution in [0.25, 0.3) is 0 Å². The zero-order valence-corrected chi connectivity index (χ0v) is 17.7. The predicted molar refractivity (Wildman–Crippen MR) is 112 cm³/mol. The van der Waals surface area contributed by atoms with Crippen molar-refractivity contribution < 1.29 is 19.4 Å². The van der Waals surface area contributed by atoms with E-state index in [4.69, 9.17) is 4.74 Å². The molecule has 0 radical (unpaired) electrons. The van der Waals surface area contributed by atoms with E-state index < -0.39 is 17.9 Å². The minimum Gasteiger partial charge on any atom is -0.481 e. The lowest BCUT2D eigenvalue weighted by Gasteiger charge is -2.10. The topological polar surface area (TPSA) is 63.6 Å². The molecule has 27 heavy (non-hydrogen) atoms. The van der Waals surface area contributed by atoms with Crippen LogP contribution in [0.4, 0.5) is 0 Å². The van der Waals surface area contributed by atoms with Crippen LogP contribution in [0, 0.1) is 5.92 Å². The highest BCUT2D eigenvalue weighted by Crippen LogP contribution is 2.14. The van der Waals surface area contributed by atoms with Gasteiger partial charge in [-0.25, -0.2) is 0 Å². The van der Waals surface area contributed by atoms with Crippen LogP contribution in [0.15, 0.2) is 12.2 Å². The van der Waals surface area contributed by atoms with E-state index in [1.807, 2.05) is 6.92 Å². The average molecular weight is 383 g/mol.